The summed E-state index contributed by atoms with van der Waals surface area (Å²) in [5, 5.41) is 22.2. The zero-order chi connectivity index (χ0) is 13.0. The maximum absolute atomic E-state index is 11.7. The molecule has 0 aromatic carbocycles. The molecule has 2 rings (SSSR count). The fraction of sp³-hybridized carbons (Fsp3) is 0.300. The molecule has 0 unspecified atom stereocenters. The number of H-pyrrole nitrogens is 1. The number of aromatic amines is 1. The van der Waals surface area contributed by atoms with Crippen LogP contribution in [0.3, 0.4) is 0 Å². The summed E-state index contributed by atoms with van der Waals surface area (Å²) in [4.78, 5) is 11.7. The SMILES string of the molecule is O=c1c(Cl)c(NCc2cn[nH]c2)cnn1CCO. The van der Waals surface area contributed by atoms with E-state index in [0.29, 0.717) is 12.2 Å². The molecule has 96 valence electrons. The summed E-state index contributed by atoms with van der Waals surface area (Å²) < 4.78 is 1.12. The second kappa shape index (κ2) is 5.65. The van der Waals surface area contributed by atoms with Crippen LogP contribution in [-0.2, 0) is 13.1 Å². The average Bonchev–Trinajstić information content (AvgIpc) is 2.87. The fourth-order valence-corrected chi connectivity index (χ4v) is 1.63. The molecule has 0 fully saturated rings. The highest BCUT2D eigenvalue weighted by atomic mass is 35.5. The zero-order valence-corrected chi connectivity index (χ0v) is 10.2. The summed E-state index contributed by atoms with van der Waals surface area (Å²) in [6.45, 7) is 0.451. The van der Waals surface area contributed by atoms with Gasteiger partial charge in [-0.25, -0.2) is 4.68 Å². The Labute approximate surface area is 107 Å². The number of aliphatic hydroxyl groups is 1. The molecule has 0 aliphatic carbocycles. The molecular weight excluding hydrogens is 258 g/mol. The van der Waals surface area contributed by atoms with Crippen LogP contribution >= 0.6 is 11.6 Å². The molecule has 3 N–H and O–H groups in total. The lowest BCUT2D eigenvalue weighted by Crippen LogP contribution is -2.25. The molecule has 0 radical (unpaired) electrons. The first-order chi connectivity index (χ1) is 8.72. The van der Waals surface area contributed by atoms with Crippen molar-refractivity contribution in [3.05, 3.63) is 39.5 Å². The summed E-state index contributed by atoms with van der Waals surface area (Å²) in [6.07, 6.45) is 4.86. The van der Waals surface area contributed by atoms with Crippen molar-refractivity contribution in [2.45, 2.75) is 13.1 Å². The average molecular weight is 270 g/mol. The number of nitrogens with zero attached hydrogens (tertiary/aromatic N) is 3. The van der Waals surface area contributed by atoms with Gasteiger partial charge in [-0.15, -0.1) is 0 Å². The summed E-state index contributed by atoms with van der Waals surface area (Å²) >= 11 is 5.93. The lowest BCUT2D eigenvalue weighted by atomic mass is 10.3. The Morgan fingerprint density at radius 1 is 1.50 bits per heavy atom. The highest BCUT2D eigenvalue weighted by Crippen LogP contribution is 2.15. The lowest BCUT2D eigenvalue weighted by Gasteiger charge is -2.08. The van der Waals surface area contributed by atoms with Gasteiger partial charge in [-0.1, -0.05) is 11.6 Å². The van der Waals surface area contributed by atoms with Crippen LogP contribution in [0.25, 0.3) is 0 Å². The third-order valence-corrected chi connectivity index (χ3v) is 2.70. The Kier molecular flexibility index (Phi) is 3.96. The van der Waals surface area contributed by atoms with Gasteiger partial charge in [-0.3, -0.25) is 9.89 Å². The maximum Gasteiger partial charge on any atom is 0.287 e. The van der Waals surface area contributed by atoms with Crippen LogP contribution in [0.4, 0.5) is 5.69 Å². The first kappa shape index (κ1) is 12.6. The number of aliphatic hydroxyl groups excluding tert-OH is 1. The largest absolute Gasteiger partial charge is 0.394 e. The second-order valence-corrected chi connectivity index (χ2v) is 3.96. The molecule has 2 aromatic heterocycles. The maximum atomic E-state index is 11.7. The van der Waals surface area contributed by atoms with Crippen LogP contribution in [0.15, 0.2) is 23.4 Å². The summed E-state index contributed by atoms with van der Waals surface area (Å²) in [5.41, 5.74) is 0.963. The van der Waals surface area contributed by atoms with Crippen LogP contribution in [0.2, 0.25) is 5.02 Å². The van der Waals surface area contributed by atoms with E-state index in [4.69, 9.17) is 16.7 Å². The molecule has 0 saturated carbocycles. The van der Waals surface area contributed by atoms with Gasteiger partial charge in [0.1, 0.15) is 5.02 Å². The Balaban J connectivity index is 2.14. The Bertz CT molecular complexity index is 566. The van der Waals surface area contributed by atoms with Crippen molar-refractivity contribution in [3.63, 3.8) is 0 Å². The zero-order valence-electron chi connectivity index (χ0n) is 9.43. The number of anilines is 1. The summed E-state index contributed by atoms with van der Waals surface area (Å²) in [6, 6.07) is 0. The van der Waals surface area contributed by atoms with E-state index in [1.54, 1.807) is 12.4 Å². The van der Waals surface area contributed by atoms with Crippen molar-refractivity contribution in [2.75, 3.05) is 11.9 Å². The first-order valence-corrected chi connectivity index (χ1v) is 5.68. The van der Waals surface area contributed by atoms with Gasteiger partial charge in [-0.05, 0) is 0 Å². The molecule has 0 bridgehead atoms. The van der Waals surface area contributed by atoms with Crippen LogP contribution < -0.4 is 10.9 Å². The van der Waals surface area contributed by atoms with Gasteiger partial charge in [0.2, 0.25) is 0 Å². The lowest BCUT2D eigenvalue weighted by molar-refractivity contribution is 0.266. The van der Waals surface area contributed by atoms with E-state index in [1.807, 2.05) is 0 Å². The van der Waals surface area contributed by atoms with E-state index in [1.165, 1.54) is 6.20 Å². The molecule has 7 nitrogen and oxygen atoms in total. The van der Waals surface area contributed by atoms with E-state index < -0.39 is 5.56 Å². The number of halogens is 1. The highest BCUT2D eigenvalue weighted by Gasteiger charge is 2.08. The van der Waals surface area contributed by atoms with Crippen LogP contribution in [0.5, 0.6) is 0 Å². The van der Waals surface area contributed by atoms with Crippen molar-refractivity contribution in [3.8, 4) is 0 Å². The topological polar surface area (TPSA) is 95.8 Å². The molecular formula is C10H12ClN5O2. The van der Waals surface area contributed by atoms with E-state index in [9.17, 15) is 4.79 Å². The van der Waals surface area contributed by atoms with Crippen LogP contribution in [-0.4, -0.2) is 31.7 Å². The third kappa shape index (κ3) is 2.69. The molecule has 0 spiro atoms. The van der Waals surface area contributed by atoms with E-state index in [-0.39, 0.29) is 18.2 Å². The van der Waals surface area contributed by atoms with Crippen LogP contribution in [0, 0.1) is 0 Å². The number of rotatable bonds is 5. The summed E-state index contributed by atoms with van der Waals surface area (Å²) in [5.74, 6) is 0. The highest BCUT2D eigenvalue weighted by molar-refractivity contribution is 6.32. The minimum atomic E-state index is -0.428. The standard InChI is InChI=1S/C10H12ClN5O2/c11-9-8(12-3-7-4-13-14-5-7)6-15-16(1-2-17)10(9)18/h4-6,12,17H,1-3H2,(H,13,14). The Morgan fingerprint density at radius 2 is 2.33 bits per heavy atom. The summed E-state index contributed by atoms with van der Waals surface area (Å²) in [7, 11) is 0. The van der Waals surface area contributed by atoms with Gasteiger partial charge in [0, 0.05) is 18.3 Å². The molecule has 2 heterocycles. The molecule has 0 amide bonds. The number of hydrogen-bond donors (Lipinski definition) is 3. The molecule has 0 aliphatic heterocycles. The van der Waals surface area contributed by atoms with Crippen molar-refractivity contribution in [1.82, 2.24) is 20.0 Å². The van der Waals surface area contributed by atoms with Crippen LogP contribution in [0.1, 0.15) is 5.56 Å². The molecule has 0 saturated heterocycles. The van der Waals surface area contributed by atoms with Gasteiger partial charge in [0.05, 0.1) is 31.2 Å². The van der Waals surface area contributed by atoms with Gasteiger partial charge in [-0.2, -0.15) is 10.2 Å². The smallest absolute Gasteiger partial charge is 0.287 e. The number of aromatic nitrogens is 4. The quantitative estimate of drug-likeness (QED) is 0.722. The van der Waals surface area contributed by atoms with Crippen molar-refractivity contribution in [2.24, 2.45) is 0 Å². The van der Waals surface area contributed by atoms with Gasteiger partial charge >= 0.3 is 0 Å². The minimum Gasteiger partial charge on any atom is -0.394 e. The van der Waals surface area contributed by atoms with Crippen molar-refractivity contribution >= 4 is 17.3 Å². The monoisotopic (exact) mass is 269 g/mol. The Morgan fingerprint density at radius 3 is 3.00 bits per heavy atom. The molecule has 2 aromatic rings. The van der Waals surface area contributed by atoms with Gasteiger partial charge < -0.3 is 10.4 Å². The van der Waals surface area contributed by atoms with E-state index in [2.05, 4.69) is 20.6 Å². The Hall–Kier alpha value is -1.86. The molecule has 18 heavy (non-hydrogen) atoms. The van der Waals surface area contributed by atoms with Gasteiger partial charge in [0.15, 0.2) is 0 Å². The third-order valence-electron chi connectivity index (χ3n) is 2.33. The molecule has 0 aliphatic rings. The normalized spacial score (nSPS) is 10.6. The van der Waals surface area contributed by atoms with Crippen molar-refractivity contribution in [1.29, 1.82) is 0 Å². The van der Waals surface area contributed by atoms with Crippen molar-refractivity contribution < 1.29 is 5.11 Å². The predicted octanol–water partition coefficient (Wildman–Crippen LogP) is 0.224. The minimum absolute atomic E-state index is 0.0574. The second-order valence-electron chi connectivity index (χ2n) is 3.58. The predicted molar refractivity (Wildman–Crippen MR) is 66.5 cm³/mol. The number of nitrogens with one attached hydrogen (secondary N) is 2. The van der Waals surface area contributed by atoms with E-state index >= 15 is 0 Å². The number of hydrogen-bond acceptors (Lipinski definition) is 5. The fourth-order valence-electron chi connectivity index (χ4n) is 1.41. The molecule has 8 heteroatoms. The van der Waals surface area contributed by atoms with Gasteiger partial charge in [0.25, 0.3) is 5.56 Å². The molecule has 0 atom stereocenters. The van der Waals surface area contributed by atoms with E-state index in [0.717, 1.165) is 10.2 Å². The first-order valence-electron chi connectivity index (χ1n) is 5.30.